The molecule has 4 nitrogen and oxygen atoms in total. The average Bonchev–Trinajstić information content (AvgIpc) is 2.46. The molecule has 0 aromatic heterocycles. The van der Waals surface area contributed by atoms with Gasteiger partial charge < -0.3 is 15.2 Å². The number of benzene rings is 2. The fourth-order valence-corrected chi connectivity index (χ4v) is 2.27. The van der Waals surface area contributed by atoms with Gasteiger partial charge in [0.05, 0.1) is 14.2 Å². The number of carbonyl (C=O) groups is 1. The highest BCUT2D eigenvalue weighted by atomic mass is 16.5. The average molecular weight is 285 g/mol. The van der Waals surface area contributed by atoms with Crippen molar-refractivity contribution in [3.05, 3.63) is 53.1 Å². The van der Waals surface area contributed by atoms with E-state index in [1.54, 1.807) is 32.4 Å². The first kappa shape index (κ1) is 14.9. The molecule has 2 aromatic rings. The Hall–Kier alpha value is -2.49. The summed E-state index contributed by atoms with van der Waals surface area (Å²) in [4.78, 5) is 12.4. The van der Waals surface area contributed by atoms with Crippen molar-refractivity contribution >= 4 is 11.5 Å². The first-order valence-corrected chi connectivity index (χ1v) is 6.65. The zero-order valence-electron chi connectivity index (χ0n) is 12.5. The molecule has 0 fully saturated rings. The van der Waals surface area contributed by atoms with Crippen LogP contribution >= 0.6 is 0 Å². The van der Waals surface area contributed by atoms with Gasteiger partial charge in [-0.25, -0.2) is 0 Å². The minimum atomic E-state index is 0.0553. The van der Waals surface area contributed by atoms with Gasteiger partial charge in [-0.1, -0.05) is 6.07 Å². The van der Waals surface area contributed by atoms with Crippen molar-refractivity contribution in [1.29, 1.82) is 0 Å². The van der Waals surface area contributed by atoms with Crippen molar-refractivity contribution in [3.8, 4) is 11.5 Å². The number of methoxy groups -OCH3 is 2. The molecular weight excluding hydrogens is 266 g/mol. The van der Waals surface area contributed by atoms with Gasteiger partial charge in [0.15, 0.2) is 17.3 Å². The third-order valence-corrected chi connectivity index (χ3v) is 3.36. The lowest BCUT2D eigenvalue weighted by Gasteiger charge is -2.10. The van der Waals surface area contributed by atoms with Crippen LogP contribution in [0.2, 0.25) is 0 Å². The van der Waals surface area contributed by atoms with E-state index in [1.165, 1.54) is 0 Å². The van der Waals surface area contributed by atoms with Crippen molar-refractivity contribution in [2.75, 3.05) is 20.0 Å². The number of anilines is 1. The predicted molar refractivity (Wildman–Crippen MR) is 83.2 cm³/mol. The predicted octanol–water partition coefficient (Wildman–Crippen LogP) is 3.02. The van der Waals surface area contributed by atoms with Crippen molar-refractivity contribution in [3.63, 3.8) is 0 Å². The van der Waals surface area contributed by atoms with Crippen molar-refractivity contribution in [1.82, 2.24) is 0 Å². The number of Topliss-reactive ketones (excluding diaryl/α,β-unsaturated/α-hetero) is 1. The zero-order valence-corrected chi connectivity index (χ0v) is 12.5. The number of aryl methyl sites for hydroxylation is 1. The molecule has 2 rings (SSSR count). The lowest BCUT2D eigenvalue weighted by atomic mass is 9.98. The van der Waals surface area contributed by atoms with E-state index in [2.05, 4.69) is 0 Å². The summed E-state index contributed by atoms with van der Waals surface area (Å²) in [6.07, 6.45) is 0.311. The van der Waals surface area contributed by atoms with Gasteiger partial charge in [0.25, 0.3) is 0 Å². The number of hydrogen-bond donors (Lipinski definition) is 1. The number of ketones is 1. The Kier molecular flexibility index (Phi) is 4.48. The van der Waals surface area contributed by atoms with E-state index in [1.807, 2.05) is 25.1 Å². The lowest BCUT2D eigenvalue weighted by Crippen LogP contribution is -2.06. The molecule has 110 valence electrons. The largest absolute Gasteiger partial charge is 0.493 e. The van der Waals surface area contributed by atoms with Crippen LogP contribution in [0.3, 0.4) is 0 Å². The number of rotatable bonds is 5. The summed E-state index contributed by atoms with van der Waals surface area (Å²) in [7, 11) is 3.16. The number of carbonyl (C=O) groups excluding carboxylic acids is 1. The fraction of sp³-hybridized carbons (Fsp3) is 0.235. The van der Waals surface area contributed by atoms with Gasteiger partial charge in [0.2, 0.25) is 0 Å². The highest BCUT2D eigenvalue weighted by molar-refractivity contribution is 5.99. The van der Waals surface area contributed by atoms with Crippen molar-refractivity contribution in [2.24, 2.45) is 0 Å². The molecule has 0 saturated carbocycles. The van der Waals surface area contributed by atoms with E-state index in [4.69, 9.17) is 15.2 Å². The molecule has 0 amide bonds. The summed E-state index contributed by atoms with van der Waals surface area (Å²) in [5.74, 6) is 1.33. The van der Waals surface area contributed by atoms with Gasteiger partial charge in [0, 0.05) is 17.7 Å². The SMILES string of the molecule is COc1ccc(CC(=O)c2ccc(N)cc2C)cc1OC. The molecule has 0 spiro atoms. The highest BCUT2D eigenvalue weighted by Gasteiger charge is 2.12. The van der Waals surface area contributed by atoms with Gasteiger partial charge in [-0.15, -0.1) is 0 Å². The summed E-state index contributed by atoms with van der Waals surface area (Å²) in [6.45, 7) is 1.89. The Morgan fingerprint density at radius 1 is 1.05 bits per heavy atom. The summed E-state index contributed by atoms with van der Waals surface area (Å²) in [6, 6.07) is 10.8. The molecule has 0 heterocycles. The molecule has 0 bridgehead atoms. The molecule has 0 aliphatic heterocycles. The van der Waals surface area contributed by atoms with Crippen LogP contribution in [0.4, 0.5) is 5.69 Å². The molecule has 0 atom stereocenters. The monoisotopic (exact) mass is 285 g/mol. The third-order valence-electron chi connectivity index (χ3n) is 3.36. The topological polar surface area (TPSA) is 61.5 Å². The maximum absolute atomic E-state index is 12.4. The Labute approximate surface area is 124 Å². The van der Waals surface area contributed by atoms with Gasteiger partial charge in [-0.2, -0.15) is 0 Å². The van der Waals surface area contributed by atoms with Crippen LogP contribution in [0.1, 0.15) is 21.5 Å². The van der Waals surface area contributed by atoms with Crippen molar-refractivity contribution in [2.45, 2.75) is 13.3 Å². The summed E-state index contributed by atoms with van der Waals surface area (Å²) in [5.41, 5.74) is 8.84. The second kappa shape index (κ2) is 6.31. The molecular formula is C17H19NO3. The van der Waals surface area contributed by atoms with E-state index in [0.29, 0.717) is 29.2 Å². The second-order valence-electron chi connectivity index (χ2n) is 4.86. The van der Waals surface area contributed by atoms with Gasteiger partial charge in [-0.05, 0) is 48.4 Å². The van der Waals surface area contributed by atoms with Crippen LogP contribution in [0, 0.1) is 6.92 Å². The highest BCUT2D eigenvalue weighted by Crippen LogP contribution is 2.28. The summed E-state index contributed by atoms with van der Waals surface area (Å²) >= 11 is 0. The quantitative estimate of drug-likeness (QED) is 0.677. The molecule has 0 aliphatic carbocycles. The summed E-state index contributed by atoms with van der Waals surface area (Å²) in [5, 5.41) is 0. The van der Waals surface area contributed by atoms with Crippen LogP contribution in [0.25, 0.3) is 0 Å². The maximum atomic E-state index is 12.4. The molecule has 0 unspecified atom stereocenters. The first-order valence-electron chi connectivity index (χ1n) is 6.65. The van der Waals surface area contributed by atoms with Gasteiger partial charge in [-0.3, -0.25) is 4.79 Å². The Morgan fingerprint density at radius 2 is 1.76 bits per heavy atom. The number of nitrogens with two attached hydrogens (primary N) is 1. The summed E-state index contributed by atoms with van der Waals surface area (Å²) < 4.78 is 10.4. The Bertz CT molecular complexity index is 665. The maximum Gasteiger partial charge on any atom is 0.167 e. The van der Waals surface area contributed by atoms with Crippen molar-refractivity contribution < 1.29 is 14.3 Å². The first-order chi connectivity index (χ1) is 10.0. The standard InChI is InChI=1S/C17H19NO3/c1-11-8-13(18)5-6-14(11)15(19)9-12-4-7-16(20-2)17(10-12)21-3/h4-8,10H,9,18H2,1-3H3. The molecule has 21 heavy (non-hydrogen) atoms. The molecule has 0 radical (unpaired) electrons. The number of nitrogen functional groups attached to an aromatic ring is 1. The fourth-order valence-electron chi connectivity index (χ4n) is 2.27. The Balaban J connectivity index is 2.23. The van der Waals surface area contributed by atoms with E-state index >= 15 is 0 Å². The molecule has 0 aliphatic rings. The third kappa shape index (κ3) is 3.34. The molecule has 4 heteroatoms. The van der Waals surface area contributed by atoms with E-state index in [-0.39, 0.29) is 5.78 Å². The van der Waals surface area contributed by atoms with Crippen LogP contribution < -0.4 is 15.2 Å². The van der Waals surface area contributed by atoms with E-state index in [0.717, 1.165) is 11.1 Å². The molecule has 2 aromatic carbocycles. The van der Waals surface area contributed by atoms with Crippen LogP contribution in [0.5, 0.6) is 11.5 Å². The number of ether oxygens (including phenoxy) is 2. The van der Waals surface area contributed by atoms with Crippen LogP contribution in [0.15, 0.2) is 36.4 Å². The zero-order chi connectivity index (χ0) is 15.4. The van der Waals surface area contributed by atoms with E-state index in [9.17, 15) is 4.79 Å². The van der Waals surface area contributed by atoms with Crippen LogP contribution in [-0.4, -0.2) is 20.0 Å². The minimum absolute atomic E-state index is 0.0553. The van der Waals surface area contributed by atoms with Gasteiger partial charge in [0.1, 0.15) is 0 Å². The lowest BCUT2D eigenvalue weighted by molar-refractivity contribution is 0.0992. The minimum Gasteiger partial charge on any atom is -0.493 e. The Morgan fingerprint density at radius 3 is 2.38 bits per heavy atom. The molecule has 0 saturated heterocycles. The van der Waals surface area contributed by atoms with E-state index < -0.39 is 0 Å². The smallest absolute Gasteiger partial charge is 0.167 e. The molecule has 2 N–H and O–H groups in total. The van der Waals surface area contributed by atoms with Crippen LogP contribution in [-0.2, 0) is 6.42 Å². The van der Waals surface area contributed by atoms with Gasteiger partial charge >= 0.3 is 0 Å². The second-order valence-corrected chi connectivity index (χ2v) is 4.86. The normalized spacial score (nSPS) is 10.2. The number of hydrogen-bond acceptors (Lipinski definition) is 4.